The van der Waals surface area contributed by atoms with Crippen molar-refractivity contribution in [1.29, 1.82) is 0 Å². The van der Waals surface area contributed by atoms with Gasteiger partial charge in [0.2, 0.25) is 0 Å². The molecule has 1 N–H and O–H groups in total. The fraction of sp³-hybridized carbons (Fsp3) is 0.455. The Bertz CT molecular complexity index is 376. The highest BCUT2D eigenvalue weighted by molar-refractivity contribution is 5.32. The van der Waals surface area contributed by atoms with Crippen LogP contribution in [0.1, 0.15) is 24.2 Å². The van der Waals surface area contributed by atoms with Gasteiger partial charge in [0.25, 0.3) is 0 Å². The summed E-state index contributed by atoms with van der Waals surface area (Å²) in [6.45, 7) is 1.60. The topological polar surface area (TPSA) is 29.5 Å². The van der Waals surface area contributed by atoms with Crippen LogP contribution in [0.5, 0.6) is 0 Å². The molecule has 0 saturated carbocycles. The summed E-state index contributed by atoms with van der Waals surface area (Å²) in [6.07, 6.45) is -6.13. The Hall–Kier alpha value is -1.14. The van der Waals surface area contributed by atoms with Crippen LogP contribution in [0.15, 0.2) is 18.2 Å². The van der Waals surface area contributed by atoms with Crippen LogP contribution in [0, 0.1) is 5.82 Å². The summed E-state index contributed by atoms with van der Waals surface area (Å²) in [5, 5.41) is 9.53. The van der Waals surface area contributed by atoms with Crippen LogP contribution in [-0.2, 0) is 10.9 Å². The standard InChI is InChI=1S/C11H12F4O2/c1-2-17-6-10(16)8-5-7(12)3-4-9(8)11(13,14)15/h3-5,10,16H,2,6H2,1H3. The van der Waals surface area contributed by atoms with Crippen molar-refractivity contribution in [2.24, 2.45) is 0 Å². The van der Waals surface area contributed by atoms with Crippen molar-refractivity contribution < 1.29 is 27.4 Å². The number of aliphatic hydroxyl groups is 1. The SMILES string of the molecule is CCOCC(O)c1cc(F)ccc1C(F)(F)F. The van der Waals surface area contributed by atoms with Gasteiger partial charge >= 0.3 is 6.18 Å². The summed E-state index contributed by atoms with van der Waals surface area (Å²) in [5.74, 6) is -0.830. The van der Waals surface area contributed by atoms with E-state index in [-0.39, 0.29) is 13.2 Å². The van der Waals surface area contributed by atoms with Crippen molar-refractivity contribution in [3.8, 4) is 0 Å². The number of aliphatic hydroxyl groups excluding tert-OH is 1. The zero-order chi connectivity index (χ0) is 13.1. The largest absolute Gasteiger partial charge is 0.416 e. The van der Waals surface area contributed by atoms with Gasteiger partial charge in [-0.15, -0.1) is 0 Å². The summed E-state index contributed by atoms with van der Waals surface area (Å²) in [7, 11) is 0. The molecule has 2 nitrogen and oxygen atoms in total. The molecule has 0 spiro atoms. The Balaban J connectivity index is 3.07. The second-order valence-electron chi connectivity index (χ2n) is 3.40. The molecule has 0 saturated heterocycles. The molecule has 1 aromatic carbocycles. The molecule has 1 rings (SSSR count). The van der Waals surface area contributed by atoms with Crippen molar-refractivity contribution in [2.45, 2.75) is 19.2 Å². The molecule has 0 aliphatic rings. The Morgan fingerprint density at radius 3 is 2.53 bits per heavy atom. The van der Waals surface area contributed by atoms with Gasteiger partial charge in [0.05, 0.1) is 12.2 Å². The van der Waals surface area contributed by atoms with Crippen LogP contribution in [0.25, 0.3) is 0 Å². The molecule has 0 aliphatic carbocycles. The second-order valence-corrected chi connectivity index (χ2v) is 3.40. The van der Waals surface area contributed by atoms with Gasteiger partial charge in [-0.2, -0.15) is 13.2 Å². The number of halogens is 4. The van der Waals surface area contributed by atoms with Crippen LogP contribution >= 0.6 is 0 Å². The first-order valence-electron chi connectivity index (χ1n) is 4.98. The van der Waals surface area contributed by atoms with Crippen LogP contribution in [-0.4, -0.2) is 18.3 Å². The minimum atomic E-state index is -4.63. The zero-order valence-electron chi connectivity index (χ0n) is 9.09. The van der Waals surface area contributed by atoms with Crippen LogP contribution < -0.4 is 0 Å². The van der Waals surface area contributed by atoms with Crippen LogP contribution in [0.2, 0.25) is 0 Å². The van der Waals surface area contributed by atoms with Crippen molar-refractivity contribution in [3.05, 3.63) is 35.1 Å². The van der Waals surface area contributed by atoms with Crippen LogP contribution in [0.3, 0.4) is 0 Å². The number of hydrogen-bond acceptors (Lipinski definition) is 2. The lowest BCUT2D eigenvalue weighted by molar-refractivity contribution is -0.139. The molecule has 0 amide bonds. The maximum atomic E-state index is 12.9. The first-order valence-corrected chi connectivity index (χ1v) is 4.98. The predicted octanol–water partition coefficient (Wildman–Crippen LogP) is 2.91. The zero-order valence-corrected chi connectivity index (χ0v) is 9.09. The maximum Gasteiger partial charge on any atom is 0.416 e. The van der Waals surface area contributed by atoms with Crippen molar-refractivity contribution in [2.75, 3.05) is 13.2 Å². The third-order valence-electron chi connectivity index (χ3n) is 2.16. The molecule has 0 fully saturated rings. The van der Waals surface area contributed by atoms with Gasteiger partial charge in [0.1, 0.15) is 11.9 Å². The van der Waals surface area contributed by atoms with Gasteiger partial charge in [-0.25, -0.2) is 4.39 Å². The molecule has 0 bridgehead atoms. The number of hydrogen-bond donors (Lipinski definition) is 1. The minimum absolute atomic E-state index is 0.258. The van der Waals surface area contributed by atoms with E-state index in [2.05, 4.69) is 0 Å². The second kappa shape index (κ2) is 5.46. The fourth-order valence-corrected chi connectivity index (χ4v) is 1.39. The van der Waals surface area contributed by atoms with E-state index >= 15 is 0 Å². The highest BCUT2D eigenvalue weighted by Gasteiger charge is 2.35. The molecule has 0 aliphatic heterocycles. The first-order chi connectivity index (χ1) is 7.86. The van der Waals surface area contributed by atoms with E-state index < -0.39 is 29.2 Å². The summed E-state index contributed by atoms with van der Waals surface area (Å²) in [4.78, 5) is 0. The molecule has 0 heterocycles. The number of benzene rings is 1. The van der Waals surface area contributed by atoms with Gasteiger partial charge < -0.3 is 9.84 Å². The van der Waals surface area contributed by atoms with Crippen molar-refractivity contribution >= 4 is 0 Å². The lowest BCUT2D eigenvalue weighted by Gasteiger charge is -2.17. The lowest BCUT2D eigenvalue weighted by Crippen LogP contribution is -2.15. The molecular formula is C11H12F4O2. The quantitative estimate of drug-likeness (QED) is 0.835. The van der Waals surface area contributed by atoms with E-state index in [0.717, 1.165) is 0 Å². The highest BCUT2D eigenvalue weighted by atomic mass is 19.4. The molecule has 0 radical (unpaired) electrons. The monoisotopic (exact) mass is 252 g/mol. The summed E-state index contributed by atoms with van der Waals surface area (Å²) < 4.78 is 55.5. The van der Waals surface area contributed by atoms with Gasteiger partial charge in [0.15, 0.2) is 0 Å². The number of ether oxygens (including phenoxy) is 1. The van der Waals surface area contributed by atoms with Gasteiger partial charge in [-0.05, 0) is 30.7 Å². The van der Waals surface area contributed by atoms with E-state index in [1.165, 1.54) is 0 Å². The normalized spacial score (nSPS) is 13.8. The molecule has 6 heteroatoms. The summed E-state index contributed by atoms with van der Waals surface area (Å²) in [6, 6.07) is 1.99. The van der Waals surface area contributed by atoms with Crippen molar-refractivity contribution in [1.82, 2.24) is 0 Å². The van der Waals surface area contributed by atoms with E-state index in [0.29, 0.717) is 18.2 Å². The Morgan fingerprint density at radius 1 is 1.35 bits per heavy atom. The minimum Gasteiger partial charge on any atom is -0.386 e. The molecule has 1 atom stereocenters. The maximum absolute atomic E-state index is 12.9. The Kier molecular flexibility index (Phi) is 4.47. The lowest BCUT2D eigenvalue weighted by atomic mass is 10.0. The molecule has 1 aromatic rings. The highest BCUT2D eigenvalue weighted by Crippen LogP contribution is 2.35. The Morgan fingerprint density at radius 2 is 2.00 bits per heavy atom. The van der Waals surface area contributed by atoms with Gasteiger partial charge in [0, 0.05) is 6.61 Å². The smallest absolute Gasteiger partial charge is 0.386 e. The average molecular weight is 252 g/mol. The van der Waals surface area contributed by atoms with Gasteiger partial charge in [-0.3, -0.25) is 0 Å². The number of alkyl halides is 3. The van der Waals surface area contributed by atoms with E-state index in [4.69, 9.17) is 4.74 Å². The third-order valence-corrected chi connectivity index (χ3v) is 2.16. The third kappa shape index (κ3) is 3.67. The molecule has 1 unspecified atom stereocenters. The molecule has 0 aromatic heterocycles. The summed E-state index contributed by atoms with van der Waals surface area (Å²) >= 11 is 0. The van der Waals surface area contributed by atoms with E-state index in [1.807, 2.05) is 0 Å². The van der Waals surface area contributed by atoms with E-state index in [1.54, 1.807) is 6.92 Å². The summed E-state index contributed by atoms with van der Waals surface area (Å²) in [5.41, 5.74) is -1.56. The molecule has 17 heavy (non-hydrogen) atoms. The van der Waals surface area contributed by atoms with E-state index in [9.17, 15) is 22.7 Å². The Labute approximate surface area is 95.8 Å². The molecular weight excluding hydrogens is 240 g/mol. The molecule has 96 valence electrons. The number of rotatable bonds is 4. The predicted molar refractivity (Wildman–Crippen MR) is 52.9 cm³/mol. The van der Waals surface area contributed by atoms with Crippen molar-refractivity contribution in [3.63, 3.8) is 0 Å². The fourth-order valence-electron chi connectivity index (χ4n) is 1.39. The van der Waals surface area contributed by atoms with Gasteiger partial charge in [-0.1, -0.05) is 0 Å². The van der Waals surface area contributed by atoms with Crippen LogP contribution in [0.4, 0.5) is 17.6 Å². The average Bonchev–Trinajstić information content (AvgIpc) is 2.24. The first kappa shape index (κ1) is 13.9.